The number of carbonyl (C=O) groups excluding carboxylic acids is 1. The predicted molar refractivity (Wildman–Crippen MR) is 148 cm³/mol. The number of rotatable bonds is 10. The Morgan fingerprint density at radius 3 is 2.38 bits per heavy atom. The number of aryl methyl sites for hydroxylation is 1. The summed E-state index contributed by atoms with van der Waals surface area (Å²) in [5.74, 6) is -1.42. The van der Waals surface area contributed by atoms with E-state index >= 15 is 0 Å². The molecule has 1 aromatic heterocycles. The Morgan fingerprint density at radius 2 is 1.71 bits per heavy atom. The Labute approximate surface area is 254 Å². The maximum atomic E-state index is 13.9. The fraction of sp³-hybridized carbons (Fsp3) is 0.300. The Bertz CT molecular complexity index is 1770. The first-order valence-corrected chi connectivity index (χ1v) is 15.0. The van der Waals surface area contributed by atoms with Crippen molar-refractivity contribution in [1.82, 2.24) is 10.2 Å². The monoisotopic (exact) mass is 651 g/mol. The van der Waals surface area contributed by atoms with Crippen molar-refractivity contribution in [2.24, 2.45) is 0 Å². The average molecular weight is 652 g/mol. The molecule has 45 heavy (non-hydrogen) atoms. The highest BCUT2D eigenvalue weighted by Crippen LogP contribution is 2.43. The van der Waals surface area contributed by atoms with Crippen LogP contribution < -0.4 is 4.31 Å². The van der Waals surface area contributed by atoms with E-state index in [1.807, 2.05) is 6.07 Å². The number of alkyl halides is 4. The van der Waals surface area contributed by atoms with Crippen molar-refractivity contribution in [3.8, 4) is 0 Å². The van der Waals surface area contributed by atoms with E-state index in [4.69, 9.17) is 9.15 Å². The zero-order chi connectivity index (χ0) is 32.4. The van der Waals surface area contributed by atoms with Gasteiger partial charge >= 0.3 is 12.1 Å². The minimum absolute atomic E-state index is 0.0193. The van der Waals surface area contributed by atoms with E-state index < -0.39 is 51.9 Å². The van der Waals surface area contributed by atoms with E-state index in [0.717, 1.165) is 52.3 Å². The highest BCUT2D eigenvalue weighted by atomic mass is 32.2. The summed E-state index contributed by atoms with van der Waals surface area (Å²) in [6, 6.07) is 14.8. The lowest BCUT2D eigenvalue weighted by molar-refractivity contribution is -0.271. The van der Waals surface area contributed by atoms with Crippen molar-refractivity contribution in [2.75, 3.05) is 11.0 Å². The standard InChI is InChI=1S/C30H26F5N3O6S/c31-18-29(40,30(33,34)35)21-7-13-25-20(14-21)6-10-23(38(25)45(41,42)24-11-8-22(32)9-12-24)15-26-36-37-27(44-26)16-28(39)43-17-19-4-2-1-3-5-19/h1-5,7-9,11-14,23,40H,6,10,15-18H2/t23-,29?/m0/s1. The molecule has 1 unspecified atom stereocenters. The van der Waals surface area contributed by atoms with Crippen LogP contribution in [0.25, 0.3) is 0 Å². The van der Waals surface area contributed by atoms with Gasteiger partial charge in [0.15, 0.2) is 0 Å². The lowest BCUT2D eigenvalue weighted by Gasteiger charge is -2.38. The number of hydrogen-bond donors (Lipinski definition) is 1. The van der Waals surface area contributed by atoms with Crippen LogP contribution in [0, 0.1) is 5.82 Å². The third-order valence-electron chi connectivity index (χ3n) is 7.36. The molecule has 1 aliphatic heterocycles. The SMILES string of the molecule is O=C(Cc1nnc(C[C@@H]2CCc3cc(C(O)(CF)C(F)(F)F)ccc3N2S(=O)(=O)c2ccc(F)cc2)o1)OCc1ccccc1. The van der Waals surface area contributed by atoms with E-state index in [0.29, 0.717) is 0 Å². The van der Waals surface area contributed by atoms with Crippen LogP contribution in [0.5, 0.6) is 0 Å². The maximum Gasteiger partial charge on any atom is 0.424 e. The van der Waals surface area contributed by atoms with E-state index in [-0.39, 0.29) is 60.2 Å². The molecule has 15 heteroatoms. The lowest BCUT2D eigenvalue weighted by Crippen LogP contribution is -2.46. The Balaban J connectivity index is 1.42. The van der Waals surface area contributed by atoms with Crippen molar-refractivity contribution in [3.05, 3.63) is 107 Å². The first-order chi connectivity index (χ1) is 21.3. The fourth-order valence-electron chi connectivity index (χ4n) is 5.00. The van der Waals surface area contributed by atoms with Gasteiger partial charge in [-0.15, -0.1) is 10.2 Å². The summed E-state index contributed by atoms with van der Waals surface area (Å²) in [7, 11) is -4.45. The number of fused-ring (bicyclic) bond motifs is 1. The number of nitrogens with zero attached hydrogens (tertiary/aromatic N) is 3. The minimum Gasteiger partial charge on any atom is -0.460 e. The summed E-state index contributed by atoms with van der Waals surface area (Å²) >= 11 is 0. The van der Waals surface area contributed by atoms with Crippen LogP contribution in [-0.4, -0.2) is 48.6 Å². The first kappa shape index (κ1) is 32.0. The second kappa shape index (κ2) is 12.6. The summed E-state index contributed by atoms with van der Waals surface area (Å²) in [5, 5.41) is 17.9. The van der Waals surface area contributed by atoms with Gasteiger partial charge < -0.3 is 14.3 Å². The molecule has 0 fully saturated rings. The van der Waals surface area contributed by atoms with Crippen molar-refractivity contribution >= 4 is 21.7 Å². The van der Waals surface area contributed by atoms with Crippen LogP contribution >= 0.6 is 0 Å². The number of ether oxygens (including phenoxy) is 1. The van der Waals surface area contributed by atoms with Crippen LogP contribution in [0.1, 0.15) is 34.9 Å². The molecule has 1 N–H and O–H groups in total. The normalized spacial score (nSPS) is 16.6. The Hall–Kier alpha value is -4.37. The van der Waals surface area contributed by atoms with Gasteiger partial charge in [-0.05, 0) is 59.9 Å². The molecule has 0 bridgehead atoms. The summed E-state index contributed by atoms with van der Waals surface area (Å²) in [5.41, 5.74) is -3.71. The molecule has 5 rings (SSSR count). The number of sulfonamides is 1. The van der Waals surface area contributed by atoms with Crippen LogP contribution in [-0.2, 0) is 51.0 Å². The van der Waals surface area contributed by atoms with Gasteiger partial charge in [0.25, 0.3) is 10.0 Å². The summed E-state index contributed by atoms with van der Waals surface area (Å²) < 4.78 is 107. The van der Waals surface area contributed by atoms with Gasteiger partial charge in [-0.3, -0.25) is 9.10 Å². The number of halogens is 5. The molecule has 2 heterocycles. The molecular weight excluding hydrogens is 625 g/mol. The van der Waals surface area contributed by atoms with E-state index in [1.54, 1.807) is 24.3 Å². The minimum atomic E-state index is -5.34. The van der Waals surface area contributed by atoms with E-state index in [9.17, 15) is 40.3 Å². The van der Waals surface area contributed by atoms with Crippen molar-refractivity contribution in [1.29, 1.82) is 0 Å². The average Bonchev–Trinajstić information content (AvgIpc) is 3.45. The number of aromatic nitrogens is 2. The van der Waals surface area contributed by atoms with Gasteiger partial charge in [-0.25, -0.2) is 17.2 Å². The lowest BCUT2D eigenvalue weighted by atomic mass is 9.88. The molecule has 0 amide bonds. The van der Waals surface area contributed by atoms with Gasteiger partial charge in [-0.2, -0.15) is 13.2 Å². The highest BCUT2D eigenvalue weighted by Gasteiger charge is 2.55. The summed E-state index contributed by atoms with van der Waals surface area (Å²) in [4.78, 5) is 12.0. The molecule has 2 atom stereocenters. The molecule has 0 spiro atoms. The second-order valence-electron chi connectivity index (χ2n) is 10.4. The van der Waals surface area contributed by atoms with E-state index in [1.165, 1.54) is 0 Å². The summed E-state index contributed by atoms with van der Waals surface area (Å²) in [6.07, 6.45) is -5.73. The third-order valence-corrected chi connectivity index (χ3v) is 9.24. The van der Waals surface area contributed by atoms with Crippen molar-refractivity contribution in [2.45, 2.75) is 55.0 Å². The molecule has 0 aliphatic carbocycles. The first-order valence-electron chi connectivity index (χ1n) is 13.6. The number of anilines is 1. The number of hydrogen-bond acceptors (Lipinski definition) is 8. The molecule has 0 saturated heterocycles. The molecule has 0 radical (unpaired) electrons. The van der Waals surface area contributed by atoms with Gasteiger partial charge in [0.2, 0.25) is 17.4 Å². The van der Waals surface area contributed by atoms with Crippen LogP contribution in [0.4, 0.5) is 27.6 Å². The molecule has 238 valence electrons. The molecule has 0 saturated carbocycles. The van der Waals surface area contributed by atoms with Crippen LogP contribution in [0.3, 0.4) is 0 Å². The Kier molecular flexibility index (Phi) is 8.94. The van der Waals surface area contributed by atoms with Gasteiger partial charge in [0.1, 0.15) is 25.5 Å². The predicted octanol–water partition coefficient (Wildman–Crippen LogP) is 4.97. The molecular formula is C30H26F5N3O6S. The van der Waals surface area contributed by atoms with E-state index in [2.05, 4.69) is 10.2 Å². The number of benzene rings is 3. The number of carbonyl (C=O) groups is 1. The van der Waals surface area contributed by atoms with Crippen LogP contribution in [0.15, 0.2) is 82.1 Å². The molecule has 4 aromatic rings. The zero-order valence-electron chi connectivity index (χ0n) is 23.4. The van der Waals surface area contributed by atoms with Crippen molar-refractivity contribution < 1.29 is 49.4 Å². The Morgan fingerprint density at radius 1 is 1.02 bits per heavy atom. The number of aliphatic hydroxyl groups is 1. The topological polar surface area (TPSA) is 123 Å². The zero-order valence-corrected chi connectivity index (χ0v) is 24.2. The molecule has 9 nitrogen and oxygen atoms in total. The molecule has 3 aromatic carbocycles. The smallest absolute Gasteiger partial charge is 0.424 e. The second-order valence-corrected chi connectivity index (χ2v) is 12.2. The third kappa shape index (κ3) is 6.68. The molecule has 1 aliphatic rings. The van der Waals surface area contributed by atoms with Crippen molar-refractivity contribution in [3.63, 3.8) is 0 Å². The van der Waals surface area contributed by atoms with Gasteiger partial charge in [0.05, 0.1) is 16.6 Å². The maximum absolute atomic E-state index is 13.9. The quantitative estimate of drug-likeness (QED) is 0.189. The summed E-state index contributed by atoms with van der Waals surface area (Å²) in [6.45, 7) is -2.11. The number of esters is 1. The van der Waals surface area contributed by atoms with Crippen LogP contribution in [0.2, 0.25) is 0 Å². The fourth-order valence-corrected chi connectivity index (χ4v) is 6.71. The highest BCUT2D eigenvalue weighted by molar-refractivity contribution is 7.92. The largest absolute Gasteiger partial charge is 0.460 e. The van der Waals surface area contributed by atoms with Gasteiger partial charge in [0, 0.05) is 6.42 Å². The van der Waals surface area contributed by atoms with Gasteiger partial charge in [-0.1, -0.05) is 42.5 Å².